The highest BCUT2D eigenvalue weighted by Gasteiger charge is 2.30. The van der Waals surface area contributed by atoms with Crippen LogP contribution >= 0.6 is 23.6 Å². The lowest BCUT2D eigenvalue weighted by atomic mass is 9.99. The molecule has 8 heteroatoms. The number of ether oxygens (including phenoxy) is 1. The van der Waals surface area contributed by atoms with E-state index in [1.165, 1.54) is 21.8 Å². The van der Waals surface area contributed by atoms with E-state index in [1.54, 1.807) is 0 Å². The van der Waals surface area contributed by atoms with Gasteiger partial charge < -0.3 is 15.0 Å². The molecule has 2 aromatic rings. The van der Waals surface area contributed by atoms with E-state index in [-0.39, 0.29) is 11.9 Å². The third kappa shape index (κ3) is 4.69. The summed E-state index contributed by atoms with van der Waals surface area (Å²) in [6, 6.07) is 8.11. The summed E-state index contributed by atoms with van der Waals surface area (Å²) in [5.41, 5.74) is 2.20. The first-order chi connectivity index (χ1) is 12.6. The van der Waals surface area contributed by atoms with Crippen molar-refractivity contribution in [3.63, 3.8) is 0 Å². The monoisotopic (exact) mass is 393 g/mol. The van der Waals surface area contributed by atoms with Crippen LogP contribution in [-0.4, -0.2) is 35.4 Å². The number of hydrogen-bond donors (Lipinski definition) is 2. The van der Waals surface area contributed by atoms with Gasteiger partial charge in [0.2, 0.25) is 5.13 Å². The Labute approximate surface area is 162 Å². The summed E-state index contributed by atoms with van der Waals surface area (Å²) in [7, 11) is 0. The van der Waals surface area contributed by atoms with Gasteiger partial charge in [0.25, 0.3) is 0 Å². The smallest absolute Gasteiger partial charge is 0.314 e. The van der Waals surface area contributed by atoms with Crippen molar-refractivity contribution in [2.45, 2.75) is 33.4 Å². The number of quaternary nitrogens is 1. The normalized spacial score (nSPS) is 19.9. The lowest BCUT2D eigenvalue weighted by Crippen LogP contribution is -3.13. The summed E-state index contributed by atoms with van der Waals surface area (Å²) in [6.07, 6.45) is 1.93. The van der Waals surface area contributed by atoms with Gasteiger partial charge in [-0.1, -0.05) is 29.5 Å². The Morgan fingerprint density at radius 2 is 2.31 bits per heavy atom. The van der Waals surface area contributed by atoms with E-state index in [9.17, 15) is 4.79 Å². The van der Waals surface area contributed by atoms with Crippen molar-refractivity contribution in [2.24, 2.45) is 5.92 Å². The molecule has 1 saturated heterocycles. The summed E-state index contributed by atoms with van der Waals surface area (Å²) in [5.74, 6) is -0.0930. The second-order valence-electron chi connectivity index (χ2n) is 6.57. The SMILES string of the molecule is CCOC(=O)[C@H]1CCC[NH+](Cn2nc(Nc3ccccc3C)sc2=S)C1. The number of anilines is 2. The highest BCUT2D eigenvalue weighted by Crippen LogP contribution is 2.22. The fourth-order valence-corrected chi connectivity index (χ4v) is 4.27. The van der Waals surface area contributed by atoms with Gasteiger partial charge in [-0.25, -0.2) is 0 Å². The standard InChI is InChI=1S/C18H24N4O2S2/c1-3-24-16(23)14-8-6-10-21(11-14)12-22-18(25)26-17(20-22)19-15-9-5-4-7-13(15)2/h4-5,7,9,14H,3,6,8,10-12H2,1-2H3,(H,19,20)/p+1/t14-/m0/s1. The molecule has 0 saturated carbocycles. The molecule has 3 rings (SSSR count). The molecule has 1 unspecified atom stereocenters. The predicted molar refractivity (Wildman–Crippen MR) is 105 cm³/mol. The Morgan fingerprint density at radius 3 is 3.08 bits per heavy atom. The van der Waals surface area contributed by atoms with E-state index in [4.69, 9.17) is 17.0 Å². The van der Waals surface area contributed by atoms with Crippen molar-refractivity contribution in [1.29, 1.82) is 0 Å². The second-order valence-corrected chi connectivity index (χ2v) is 8.19. The maximum Gasteiger partial charge on any atom is 0.314 e. The van der Waals surface area contributed by atoms with Crippen molar-refractivity contribution in [2.75, 3.05) is 25.0 Å². The molecule has 140 valence electrons. The third-order valence-electron chi connectivity index (χ3n) is 4.60. The molecule has 1 aliphatic rings. The van der Waals surface area contributed by atoms with Crippen LogP contribution in [0.15, 0.2) is 24.3 Å². The van der Waals surface area contributed by atoms with Crippen LogP contribution in [0.2, 0.25) is 0 Å². The molecule has 0 radical (unpaired) electrons. The predicted octanol–water partition coefficient (Wildman–Crippen LogP) is 2.54. The first kappa shape index (κ1) is 19.0. The number of nitrogens with zero attached hydrogens (tertiary/aromatic N) is 2. The molecule has 0 bridgehead atoms. The van der Waals surface area contributed by atoms with Gasteiger partial charge in [-0.2, -0.15) is 4.68 Å². The van der Waals surface area contributed by atoms with Crippen molar-refractivity contribution < 1.29 is 14.4 Å². The highest BCUT2D eigenvalue weighted by atomic mass is 32.1. The number of aromatic nitrogens is 2. The highest BCUT2D eigenvalue weighted by molar-refractivity contribution is 7.73. The zero-order valence-electron chi connectivity index (χ0n) is 15.2. The van der Waals surface area contributed by atoms with Crippen LogP contribution < -0.4 is 10.2 Å². The summed E-state index contributed by atoms with van der Waals surface area (Å²) in [5, 5.41) is 8.77. The molecule has 0 aliphatic carbocycles. The quantitative estimate of drug-likeness (QED) is 0.583. The van der Waals surface area contributed by atoms with Crippen molar-refractivity contribution in [1.82, 2.24) is 9.78 Å². The lowest BCUT2D eigenvalue weighted by Gasteiger charge is -2.28. The van der Waals surface area contributed by atoms with Crippen LogP contribution in [0.1, 0.15) is 25.3 Å². The second kappa shape index (κ2) is 8.75. The van der Waals surface area contributed by atoms with Gasteiger partial charge in [-0.3, -0.25) is 4.79 Å². The topological polar surface area (TPSA) is 60.6 Å². The molecular formula is C18H25N4O2S2+. The van der Waals surface area contributed by atoms with Gasteiger partial charge in [0.15, 0.2) is 10.6 Å². The summed E-state index contributed by atoms with van der Waals surface area (Å²) in [4.78, 5) is 13.3. The van der Waals surface area contributed by atoms with Crippen molar-refractivity contribution >= 4 is 40.3 Å². The molecule has 1 aromatic carbocycles. The van der Waals surface area contributed by atoms with Gasteiger partial charge >= 0.3 is 5.97 Å². The number of piperidine rings is 1. The van der Waals surface area contributed by atoms with E-state index in [2.05, 4.69) is 23.4 Å². The van der Waals surface area contributed by atoms with Crippen LogP contribution in [0.25, 0.3) is 0 Å². The maximum absolute atomic E-state index is 12.0. The zero-order chi connectivity index (χ0) is 18.5. The summed E-state index contributed by atoms with van der Waals surface area (Å²) < 4.78 is 7.79. The number of nitrogens with one attached hydrogen (secondary N) is 2. The molecule has 1 aromatic heterocycles. The summed E-state index contributed by atoms with van der Waals surface area (Å²) >= 11 is 6.96. The van der Waals surface area contributed by atoms with Crippen molar-refractivity contribution in [3.05, 3.63) is 33.8 Å². The van der Waals surface area contributed by atoms with E-state index in [0.717, 1.165) is 40.7 Å². The van der Waals surface area contributed by atoms with E-state index in [0.29, 0.717) is 13.3 Å². The molecule has 1 aliphatic heterocycles. The molecule has 0 spiro atoms. The molecular weight excluding hydrogens is 368 g/mol. The Kier molecular flexibility index (Phi) is 6.39. The Hall–Kier alpha value is -1.77. The van der Waals surface area contributed by atoms with Gasteiger partial charge in [0, 0.05) is 5.69 Å². The Balaban J connectivity index is 1.65. The molecule has 2 heterocycles. The molecule has 2 atom stereocenters. The minimum absolute atomic E-state index is 0.0175. The number of likely N-dealkylation sites (tertiary alicyclic amines) is 1. The van der Waals surface area contributed by atoms with Crippen molar-refractivity contribution in [3.8, 4) is 0 Å². The third-order valence-corrected chi connectivity index (χ3v) is 5.83. The fourth-order valence-electron chi connectivity index (χ4n) is 3.25. The molecule has 2 N–H and O–H groups in total. The van der Waals surface area contributed by atoms with E-state index in [1.807, 2.05) is 29.8 Å². The van der Waals surface area contributed by atoms with Crippen LogP contribution in [0, 0.1) is 16.8 Å². The zero-order valence-corrected chi connectivity index (χ0v) is 16.8. The number of benzene rings is 1. The number of carbonyl (C=O) groups excluding carboxylic acids is 1. The molecule has 6 nitrogen and oxygen atoms in total. The van der Waals surface area contributed by atoms with Crippen LogP contribution in [0.5, 0.6) is 0 Å². The van der Waals surface area contributed by atoms with Crippen LogP contribution in [-0.2, 0) is 16.2 Å². The minimum Gasteiger partial charge on any atom is -0.466 e. The van der Waals surface area contributed by atoms with E-state index >= 15 is 0 Å². The van der Waals surface area contributed by atoms with Gasteiger partial charge in [0.1, 0.15) is 5.92 Å². The van der Waals surface area contributed by atoms with Gasteiger partial charge in [-0.05, 0) is 50.5 Å². The van der Waals surface area contributed by atoms with E-state index < -0.39 is 0 Å². The fraction of sp³-hybridized carbons (Fsp3) is 0.500. The number of hydrogen-bond acceptors (Lipinski definition) is 6. The van der Waals surface area contributed by atoms with Gasteiger partial charge in [-0.15, -0.1) is 5.10 Å². The molecule has 0 amide bonds. The lowest BCUT2D eigenvalue weighted by molar-refractivity contribution is -0.930. The first-order valence-electron chi connectivity index (χ1n) is 8.97. The minimum atomic E-state index is -0.0755. The number of aryl methyl sites for hydroxylation is 1. The number of esters is 1. The maximum atomic E-state index is 12.0. The average Bonchev–Trinajstić information content (AvgIpc) is 2.96. The summed E-state index contributed by atoms with van der Waals surface area (Å²) in [6.45, 7) is 6.83. The largest absolute Gasteiger partial charge is 0.466 e. The average molecular weight is 394 g/mol. The number of para-hydroxylation sites is 1. The first-order valence-corrected chi connectivity index (χ1v) is 10.2. The van der Waals surface area contributed by atoms with Crippen LogP contribution in [0.3, 0.4) is 0 Å². The number of carbonyl (C=O) groups is 1. The van der Waals surface area contributed by atoms with Crippen LogP contribution in [0.4, 0.5) is 10.8 Å². The number of rotatable bonds is 6. The van der Waals surface area contributed by atoms with Gasteiger partial charge in [0.05, 0.1) is 19.7 Å². The Morgan fingerprint density at radius 1 is 1.50 bits per heavy atom. The molecule has 1 fully saturated rings. The Bertz CT molecular complexity index is 818. The molecule has 26 heavy (non-hydrogen) atoms.